The number of benzene rings is 8. The molecule has 0 atom stereocenters. The Morgan fingerprint density at radius 1 is 0.370 bits per heavy atom. The lowest BCUT2D eigenvalue weighted by molar-refractivity contribution is 0.621. The van der Waals surface area contributed by atoms with Gasteiger partial charge in [0.05, 0.1) is 22.1 Å². The van der Waals surface area contributed by atoms with E-state index in [4.69, 9.17) is 13.8 Å². The summed E-state index contributed by atoms with van der Waals surface area (Å²) >= 11 is 0. The zero-order valence-corrected chi connectivity index (χ0v) is 28.9. The Kier molecular flexibility index (Phi) is 5.99. The molecule has 0 bridgehead atoms. The molecule has 0 saturated heterocycles. The summed E-state index contributed by atoms with van der Waals surface area (Å²) in [6.07, 6.45) is 0. The summed E-state index contributed by atoms with van der Waals surface area (Å²) in [7, 11) is 0. The number of hydrogen-bond acceptors (Lipinski definition) is 3. The van der Waals surface area contributed by atoms with Crippen molar-refractivity contribution >= 4 is 76.6 Å². The molecule has 12 aromatic rings. The van der Waals surface area contributed by atoms with Crippen LogP contribution in [0.25, 0.3) is 111 Å². The van der Waals surface area contributed by atoms with E-state index in [1.807, 2.05) is 42.5 Å². The molecule has 54 heavy (non-hydrogen) atoms. The maximum absolute atomic E-state index is 6.60. The molecule has 0 unspecified atom stereocenters. The maximum Gasteiger partial charge on any atom is 0.227 e. The summed E-state index contributed by atoms with van der Waals surface area (Å²) in [5.41, 5.74) is 13.3. The Morgan fingerprint density at radius 3 is 1.83 bits per heavy atom. The van der Waals surface area contributed by atoms with Crippen molar-refractivity contribution < 1.29 is 8.83 Å². The van der Waals surface area contributed by atoms with Crippen LogP contribution in [0.5, 0.6) is 0 Å². The van der Waals surface area contributed by atoms with E-state index in [2.05, 4.69) is 143 Å². The molecule has 0 aliphatic rings. The van der Waals surface area contributed by atoms with Crippen LogP contribution in [0.15, 0.2) is 185 Å². The van der Waals surface area contributed by atoms with E-state index >= 15 is 0 Å². The van der Waals surface area contributed by atoms with E-state index in [1.54, 1.807) is 0 Å². The van der Waals surface area contributed by atoms with Gasteiger partial charge in [0.15, 0.2) is 5.58 Å². The van der Waals surface area contributed by atoms with Gasteiger partial charge in [-0.3, -0.25) is 0 Å². The molecule has 0 aliphatic carbocycles. The fraction of sp³-hybridized carbons (Fsp3) is 0. The molecule has 4 aromatic heterocycles. The van der Waals surface area contributed by atoms with Crippen molar-refractivity contribution in [3.8, 4) is 34.0 Å². The average molecular weight is 692 g/mol. The standard InChI is InChI=1S/C49H29N3O2/c1-3-11-30(12-4-1)49-50-41-23-22-37-39-28-32(20-25-44(39)52(47(37)48(41)54-49)33-13-5-2-6-14-33)31-19-24-43-38(27-31)35-15-7-9-17-42(35)51(43)34-21-26-46-40(29-34)36-16-8-10-18-45(36)53-46/h1-29H. The lowest BCUT2D eigenvalue weighted by Crippen LogP contribution is -1.94. The number of hydrogen-bond donors (Lipinski definition) is 0. The SMILES string of the molecule is c1ccc(-c2nc3ccc4c5cc(-c6ccc7c(c6)c6ccccc6n7-c6ccc7oc8ccccc8c7c6)ccc5n(-c5ccccc5)c4c3o2)cc1. The number of fused-ring (bicyclic) bond motifs is 11. The molecule has 0 spiro atoms. The highest BCUT2D eigenvalue weighted by Crippen LogP contribution is 2.41. The summed E-state index contributed by atoms with van der Waals surface area (Å²) in [5, 5.41) is 6.96. The number of nitrogens with zero attached hydrogens (tertiary/aromatic N) is 3. The molecule has 0 amide bonds. The minimum atomic E-state index is 0.620. The van der Waals surface area contributed by atoms with Gasteiger partial charge in [-0.05, 0) is 102 Å². The van der Waals surface area contributed by atoms with Gasteiger partial charge in [-0.1, -0.05) is 84.9 Å². The van der Waals surface area contributed by atoms with Gasteiger partial charge in [-0.2, -0.15) is 0 Å². The van der Waals surface area contributed by atoms with Crippen LogP contribution < -0.4 is 0 Å². The summed E-state index contributed by atoms with van der Waals surface area (Å²) in [6, 6.07) is 62.0. The lowest BCUT2D eigenvalue weighted by Gasteiger charge is -2.09. The first kappa shape index (κ1) is 29.2. The molecule has 12 rings (SSSR count). The van der Waals surface area contributed by atoms with E-state index in [-0.39, 0.29) is 0 Å². The number of rotatable bonds is 4. The molecule has 0 saturated carbocycles. The smallest absolute Gasteiger partial charge is 0.227 e. The average Bonchev–Trinajstić information content (AvgIpc) is 4.00. The monoisotopic (exact) mass is 691 g/mol. The third-order valence-electron chi connectivity index (χ3n) is 10.9. The van der Waals surface area contributed by atoms with Crippen LogP contribution in [-0.2, 0) is 0 Å². The highest BCUT2D eigenvalue weighted by molar-refractivity contribution is 6.18. The zero-order chi connectivity index (χ0) is 35.3. The Balaban J connectivity index is 1.06. The van der Waals surface area contributed by atoms with Crippen LogP contribution in [-0.4, -0.2) is 14.1 Å². The van der Waals surface area contributed by atoms with Crippen molar-refractivity contribution in [1.29, 1.82) is 0 Å². The highest BCUT2D eigenvalue weighted by atomic mass is 16.3. The van der Waals surface area contributed by atoms with Gasteiger partial charge in [0, 0.05) is 49.3 Å². The molecular weight excluding hydrogens is 663 g/mol. The van der Waals surface area contributed by atoms with E-state index in [1.165, 1.54) is 16.3 Å². The number of aromatic nitrogens is 3. The molecule has 0 aliphatic heterocycles. The summed E-state index contributed by atoms with van der Waals surface area (Å²) in [5.74, 6) is 0.620. The molecule has 0 N–H and O–H groups in total. The largest absolute Gasteiger partial charge is 0.456 e. The molecular formula is C49H29N3O2. The second kappa shape index (κ2) is 11.1. The topological polar surface area (TPSA) is 49.0 Å². The van der Waals surface area contributed by atoms with Gasteiger partial charge >= 0.3 is 0 Å². The van der Waals surface area contributed by atoms with Crippen LogP contribution in [0.3, 0.4) is 0 Å². The molecule has 5 heteroatoms. The third-order valence-corrected chi connectivity index (χ3v) is 10.9. The van der Waals surface area contributed by atoms with Crippen molar-refractivity contribution in [3.05, 3.63) is 176 Å². The first-order valence-corrected chi connectivity index (χ1v) is 18.2. The Hall–Kier alpha value is -7.37. The van der Waals surface area contributed by atoms with Crippen LogP contribution in [0.2, 0.25) is 0 Å². The quantitative estimate of drug-likeness (QED) is 0.185. The number of oxazole rings is 1. The van der Waals surface area contributed by atoms with Crippen molar-refractivity contribution in [2.24, 2.45) is 0 Å². The van der Waals surface area contributed by atoms with Gasteiger partial charge in [0.1, 0.15) is 16.7 Å². The van der Waals surface area contributed by atoms with Gasteiger partial charge in [0.25, 0.3) is 0 Å². The van der Waals surface area contributed by atoms with Crippen LogP contribution in [0, 0.1) is 0 Å². The Bertz CT molecular complexity index is 3440. The van der Waals surface area contributed by atoms with Crippen LogP contribution >= 0.6 is 0 Å². The van der Waals surface area contributed by atoms with Crippen molar-refractivity contribution in [1.82, 2.24) is 14.1 Å². The fourth-order valence-electron chi connectivity index (χ4n) is 8.50. The molecule has 5 nitrogen and oxygen atoms in total. The first-order valence-electron chi connectivity index (χ1n) is 18.2. The normalized spacial score (nSPS) is 12.1. The second-order valence-corrected chi connectivity index (χ2v) is 14.0. The van der Waals surface area contributed by atoms with Crippen LogP contribution in [0.4, 0.5) is 0 Å². The van der Waals surface area contributed by atoms with Crippen molar-refractivity contribution in [3.63, 3.8) is 0 Å². The minimum Gasteiger partial charge on any atom is -0.456 e. The highest BCUT2D eigenvalue weighted by Gasteiger charge is 2.21. The molecule has 8 aromatic carbocycles. The van der Waals surface area contributed by atoms with Gasteiger partial charge in [-0.25, -0.2) is 4.98 Å². The molecule has 0 radical (unpaired) electrons. The van der Waals surface area contributed by atoms with E-state index < -0.39 is 0 Å². The van der Waals surface area contributed by atoms with E-state index in [9.17, 15) is 0 Å². The molecule has 252 valence electrons. The summed E-state index contributed by atoms with van der Waals surface area (Å²) in [4.78, 5) is 4.92. The number of furan rings is 1. The van der Waals surface area contributed by atoms with Crippen molar-refractivity contribution in [2.45, 2.75) is 0 Å². The predicted octanol–water partition coefficient (Wildman–Crippen LogP) is 13.3. The minimum absolute atomic E-state index is 0.620. The fourth-order valence-corrected chi connectivity index (χ4v) is 8.50. The Morgan fingerprint density at radius 2 is 1.02 bits per heavy atom. The molecule has 0 fully saturated rings. The van der Waals surface area contributed by atoms with Crippen molar-refractivity contribution in [2.75, 3.05) is 0 Å². The van der Waals surface area contributed by atoms with E-state index in [0.29, 0.717) is 5.89 Å². The zero-order valence-electron chi connectivity index (χ0n) is 28.9. The van der Waals surface area contributed by atoms with E-state index in [0.717, 1.165) is 88.4 Å². The van der Waals surface area contributed by atoms with Gasteiger partial charge in [0.2, 0.25) is 5.89 Å². The second-order valence-electron chi connectivity index (χ2n) is 14.0. The Labute approximate surface area is 308 Å². The van der Waals surface area contributed by atoms with Gasteiger partial charge in [-0.15, -0.1) is 0 Å². The van der Waals surface area contributed by atoms with Crippen LogP contribution in [0.1, 0.15) is 0 Å². The summed E-state index contributed by atoms with van der Waals surface area (Å²) < 4.78 is 17.5. The first-order chi connectivity index (χ1) is 26.8. The third kappa shape index (κ3) is 4.18. The van der Waals surface area contributed by atoms with Gasteiger partial charge < -0.3 is 18.0 Å². The lowest BCUT2D eigenvalue weighted by atomic mass is 10.0. The predicted molar refractivity (Wildman–Crippen MR) is 221 cm³/mol. The summed E-state index contributed by atoms with van der Waals surface area (Å²) in [6.45, 7) is 0. The maximum atomic E-state index is 6.60. The molecule has 4 heterocycles. The number of para-hydroxylation sites is 3.